The van der Waals surface area contributed by atoms with E-state index in [9.17, 15) is 4.79 Å². The van der Waals surface area contributed by atoms with Gasteiger partial charge in [-0.3, -0.25) is 0 Å². The van der Waals surface area contributed by atoms with Crippen LogP contribution in [0.15, 0.2) is 35.5 Å². The van der Waals surface area contributed by atoms with E-state index < -0.39 is 0 Å². The maximum Gasteiger partial charge on any atom is 0.320 e. The lowest BCUT2D eigenvalue weighted by atomic mass is 10.1. The summed E-state index contributed by atoms with van der Waals surface area (Å²) in [5.41, 5.74) is 4.47. The van der Waals surface area contributed by atoms with E-state index in [-0.39, 0.29) is 11.3 Å². The van der Waals surface area contributed by atoms with Gasteiger partial charge in [-0.1, -0.05) is 12.1 Å². The summed E-state index contributed by atoms with van der Waals surface area (Å²) in [5.74, 6) is 0.520. The van der Waals surface area contributed by atoms with Gasteiger partial charge in [0.25, 0.3) is 0 Å². The van der Waals surface area contributed by atoms with Crippen LogP contribution in [0.4, 0.5) is 10.6 Å². The number of aromatic amines is 1. The Morgan fingerprint density at radius 2 is 2.00 bits per heavy atom. The summed E-state index contributed by atoms with van der Waals surface area (Å²) >= 11 is 6.17. The van der Waals surface area contributed by atoms with Crippen molar-refractivity contribution in [3.63, 3.8) is 0 Å². The van der Waals surface area contributed by atoms with E-state index in [2.05, 4.69) is 27.1 Å². The number of nitrogens with one attached hydrogen (secondary N) is 1. The van der Waals surface area contributed by atoms with Crippen molar-refractivity contribution < 1.29 is 9.53 Å². The molecule has 1 saturated heterocycles. The number of fused-ring (bicyclic) bond motifs is 2. The number of nitrogens with zero attached hydrogens (tertiary/aromatic N) is 5. The number of aliphatic imine (C=N–C) groups is 1. The first-order valence-electron chi connectivity index (χ1n) is 9.88. The SMILES string of the molecule is CC(=Nc1nc(Cl)nc2c1CN(C(=O)N1CCOCC1)C2)c1ccc2cc[nH]c2c1. The number of benzene rings is 1. The molecular weight excluding hydrogens is 404 g/mol. The molecule has 8 nitrogen and oxygen atoms in total. The zero-order valence-electron chi connectivity index (χ0n) is 16.6. The highest BCUT2D eigenvalue weighted by molar-refractivity contribution is 6.28. The average Bonchev–Trinajstić information content (AvgIpc) is 3.40. The fourth-order valence-electron chi connectivity index (χ4n) is 3.89. The summed E-state index contributed by atoms with van der Waals surface area (Å²) in [7, 11) is 0. The molecule has 0 bridgehead atoms. The molecule has 3 aromatic rings. The molecule has 2 amide bonds. The minimum Gasteiger partial charge on any atom is -0.378 e. The second-order valence-corrected chi connectivity index (χ2v) is 7.79. The smallest absolute Gasteiger partial charge is 0.320 e. The van der Waals surface area contributed by atoms with Crippen LogP contribution in [-0.2, 0) is 17.8 Å². The fraction of sp³-hybridized carbons (Fsp3) is 0.333. The highest BCUT2D eigenvalue weighted by Crippen LogP contribution is 2.31. The molecule has 5 rings (SSSR count). The lowest BCUT2D eigenvalue weighted by molar-refractivity contribution is 0.0429. The Morgan fingerprint density at radius 1 is 1.17 bits per heavy atom. The quantitative estimate of drug-likeness (QED) is 0.503. The maximum absolute atomic E-state index is 12.9. The molecule has 2 aromatic heterocycles. The van der Waals surface area contributed by atoms with Crippen molar-refractivity contribution in [2.75, 3.05) is 26.3 Å². The summed E-state index contributed by atoms with van der Waals surface area (Å²) in [5, 5.41) is 1.29. The molecule has 154 valence electrons. The number of hydrogen-bond donors (Lipinski definition) is 1. The molecule has 2 aliphatic rings. The van der Waals surface area contributed by atoms with Crippen molar-refractivity contribution in [1.82, 2.24) is 24.8 Å². The van der Waals surface area contributed by atoms with Crippen molar-refractivity contribution in [3.05, 3.63) is 52.6 Å². The van der Waals surface area contributed by atoms with Crippen molar-refractivity contribution >= 4 is 40.1 Å². The van der Waals surface area contributed by atoms with Crippen LogP contribution in [0.2, 0.25) is 5.28 Å². The third kappa shape index (κ3) is 3.53. The minimum absolute atomic E-state index is 0.0173. The van der Waals surface area contributed by atoms with Gasteiger partial charge in [-0.25, -0.2) is 14.8 Å². The van der Waals surface area contributed by atoms with E-state index in [1.807, 2.05) is 30.2 Å². The van der Waals surface area contributed by atoms with Gasteiger partial charge in [0.15, 0.2) is 5.82 Å². The van der Waals surface area contributed by atoms with Crippen molar-refractivity contribution in [3.8, 4) is 0 Å². The monoisotopic (exact) mass is 424 g/mol. The molecule has 0 atom stereocenters. The Hall–Kier alpha value is -2.97. The van der Waals surface area contributed by atoms with Gasteiger partial charge in [-0.15, -0.1) is 0 Å². The van der Waals surface area contributed by atoms with E-state index in [1.165, 1.54) is 0 Å². The summed E-state index contributed by atoms with van der Waals surface area (Å²) in [6.45, 7) is 5.11. The van der Waals surface area contributed by atoms with Gasteiger partial charge in [-0.2, -0.15) is 4.98 Å². The number of halogens is 1. The molecule has 4 heterocycles. The normalized spacial score (nSPS) is 16.9. The third-order valence-electron chi connectivity index (χ3n) is 5.53. The molecule has 1 aromatic carbocycles. The van der Waals surface area contributed by atoms with E-state index in [0.717, 1.165) is 33.4 Å². The Kier molecular flexibility index (Phi) is 4.88. The molecular formula is C21H21ClN6O2. The van der Waals surface area contributed by atoms with E-state index >= 15 is 0 Å². The maximum atomic E-state index is 12.9. The first kappa shape index (κ1) is 19.0. The van der Waals surface area contributed by atoms with Crippen LogP contribution in [-0.4, -0.2) is 62.8 Å². The van der Waals surface area contributed by atoms with E-state index in [1.54, 1.807) is 4.90 Å². The van der Waals surface area contributed by atoms with Crippen LogP contribution >= 0.6 is 11.6 Å². The number of hydrogen-bond acceptors (Lipinski definition) is 5. The average molecular weight is 425 g/mol. The predicted molar refractivity (Wildman–Crippen MR) is 114 cm³/mol. The molecule has 0 saturated carbocycles. The van der Waals surface area contributed by atoms with Gasteiger partial charge in [0.1, 0.15) is 0 Å². The van der Waals surface area contributed by atoms with Crippen molar-refractivity contribution in [2.45, 2.75) is 20.0 Å². The number of carbonyl (C=O) groups is 1. The number of rotatable bonds is 2. The minimum atomic E-state index is -0.0173. The molecule has 1 N–H and O–H groups in total. The topological polar surface area (TPSA) is 86.7 Å². The summed E-state index contributed by atoms with van der Waals surface area (Å²) in [6, 6.07) is 8.16. The molecule has 30 heavy (non-hydrogen) atoms. The van der Waals surface area contributed by atoms with Crippen LogP contribution < -0.4 is 0 Å². The predicted octanol–water partition coefficient (Wildman–Crippen LogP) is 3.52. The molecule has 9 heteroatoms. The molecule has 0 radical (unpaired) electrons. The van der Waals surface area contributed by atoms with Crippen LogP contribution in [0, 0.1) is 0 Å². The molecule has 0 aliphatic carbocycles. The van der Waals surface area contributed by atoms with Crippen molar-refractivity contribution in [1.29, 1.82) is 0 Å². The summed E-state index contributed by atoms with van der Waals surface area (Å²) in [6.07, 6.45) is 1.91. The highest BCUT2D eigenvalue weighted by Gasteiger charge is 2.31. The van der Waals surface area contributed by atoms with Gasteiger partial charge in [-0.05, 0) is 41.6 Å². The Morgan fingerprint density at radius 3 is 2.83 bits per heavy atom. The first-order chi connectivity index (χ1) is 14.6. The number of urea groups is 1. The van der Waals surface area contributed by atoms with Gasteiger partial charge in [0, 0.05) is 36.1 Å². The zero-order valence-corrected chi connectivity index (χ0v) is 17.3. The lowest BCUT2D eigenvalue weighted by Gasteiger charge is -2.30. The number of aromatic nitrogens is 3. The molecule has 1 fully saturated rings. The van der Waals surface area contributed by atoms with Crippen LogP contribution in [0.5, 0.6) is 0 Å². The standard InChI is InChI=1S/C21H21ClN6O2/c1-13(15-3-2-14-4-5-23-17(14)10-15)24-19-16-11-28(12-18(16)25-20(22)26-19)21(29)27-6-8-30-9-7-27/h2-5,10,23H,6-9,11-12H2,1H3. The number of morpholine rings is 1. The van der Waals surface area contributed by atoms with Crippen molar-refractivity contribution in [2.24, 2.45) is 4.99 Å². The second kappa shape index (κ2) is 7.70. The van der Waals surface area contributed by atoms with Gasteiger partial charge >= 0.3 is 6.03 Å². The van der Waals surface area contributed by atoms with E-state index in [4.69, 9.17) is 21.3 Å². The lowest BCUT2D eigenvalue weighted by Crippen LogP contribution is -2.46. The second-order valence-electron chi connectivity index (χ2n) is 7.46. The molecule has 0 unspecified atom stereocenters. The highest BCUT2D eigenvalue weighted by atomic mass is 35.5. The Balaban J connectivity index is 1.43. The van der Waals surface area contributed by atoms with Gasteiger partial charge < -0.3 is 19.5 Å². The third-order valence-corrected chi connectivity index (χ3v) is 5.70. The molecule has 0 spiro atoms. The van der Waals surface area contributed by atoms with Gasteiger partial charge in [0.05, 0.1) is 32.0 Å². The fourth-order valence-corrected chi connectivity index (χ4v) is 4.07. The van der Waals surface area contributed by atoms with Crippen LogP contribution in [0.3, 0.4) is 0 Å². The summed E-state index contributed by atoms with van der Waals surface area (Å²) in [4.78, 5) is 33.1. The van der Waals surface area contributed by atoms with E-state index in [0.29, 0.717) is 45.2 Å². The Labute approximate surface area is 178 Å². The number of carbonyl (C=O) groups excluding carboxylic acids is 1. The first-order valence-corrected chi connectivity index (χ1v) is 10.3. The zero-order chi connectivity index (χ0) is 20.7. The Bertz CT molecular complexity index is 1150. The van der Waals surface area contributed by atoms with Crippen LogP contribution in [0.1, 0.15) is 23.7 Å². The van der Waals surface area contributed by atoms with Crippen LogP contribution in [0.25, 0.3) is 10.9 Å². The number of H-pyrrole nitrogens is 1. The number of ether oxygens (including phenoxy) is 1. The van der Waals surface area contributed by atoms with Gasteiger partial charge in [0.2, 0.25) is 5.28 Å². The molecule has 2 aliphatic heterocycles. The summed E-state index contributed by atoms with van der Waals surface area (Å²) < 4.78 is 5.34. The number of amides is 2. The largest absolute Gasteiger partial charge is 0.378 e.